The van der Waals surface area contributed by atoms with Gasteiger partial charge in [-0.25, -0.2) is 9.97 Å². The third-order valence-corrected chi connectivity index (χ3v) is 4.65. The van der Waals surface area contributed by atoms with Gasteiger partial charge in [0.2, 0.25) is 11.8 Å². The molecule has 2 aromatic heterocycles. The van der Waals surface area contributed by atoms with Gasteiger partial charge < -0.3 is 25.4 Å². The maximum Gasteiger partial charge on any atom is 0.261 e. The lowest BCUT2D eigenvalue weighted by molar-refractivity contribution is 0.121. The standard InChI is InChI=1S/C17H23N7O3/c18-16-20-10-12(15(25)23-16)13-9-14(27-11-1-3-19-4-2-11)22-17(21-13)24-5-7-26-8-6-24/h9-11,19H,1-8H2,(H3,18,20,23,25). The Morgan fingerprint density at radius 1 is 1.22 bits per heavy atom. The Hall–Kier alpha value is -2.72. The van der Waals surface area contributed by atoms with Crippen LogP contribution >= 0.6 is 0 Å². The number of nitrogens with two attached hydrogens (primary N) is 1. The van der Waals surface area contributed by atoms with Gasteiger partial charge in [0, 0.05) is 25.4 Å². The molecule has 0 atom stereocenters. The summed E-state index contributed by atoms with van der Waals surface area (Å²) in [6.07, 6.45) is 3.34. The van der Waals surface area contributed by atoms with Gasteiger partial charge >= 0.3 is 0 Å². The van der Waals surface area contributed by atoms with E-state index in [9.17, 15) is 4.79 Å². The topological polar surface area (TPSA) is 131 Å². The second-order valence-corrected chi connectivity index (χ2v) is 6.57. The summed E-state index contributed by atoms with van der Waals surface area (Å²) in [5.41, 5.74) is 6.00. The Bertz CT molecular complexity index is 845. The van der Waals surface area contributed by atoms with E-state index in [1.54, 1.807) is 6.07 Å². The number of aromatic amines is 1. The second-order valence-electron chi connectivity index (χ2n) is 6.57. The van der Waals surface area contributed by atoms with Gasteiger partial charge in [-0.3, -0.25) is 9.78 Å². The van der Waals surface area contributed by atoms with Gasteiger partial charge in [-0.15, -0.1) is 0 Å². The summed E-state index contributed by atoms with van der Waals surface area (Å²) in [6.45, 7) is 4.43. The quantitative estimate of drug-likeness (QED) is 0.665. The first kappa shape index (κ1) is 17.7. The minimum absolute atomic E-state index is 0.0670. The van der Waals surface area contributed by atoms with E-state index in [1.165, 1.54) is 6.20 Å². The molecule has 0 saturated carbocycles. The summed E-state index contributed by atoms with van der Waals surface area (Å²) in [4.78, 5) is 30.0. The molecule has 0 aliphatic carbocycles. The van der Waals surface area contributed by atoms with Crippen LogP contribution in [0.4, 0.5) is 11.9 Å². The Morgan fingerprint density at radius 3 is 2.74 bits per heavy atom. The maximum absolute atomic E-state index is 12.3. The van der Waals surface area contributed by atoms with E-state index in [2.05, 4.69) is 25.3 Å². The Labute approximate surface area is 156 Å². The number of hydrogen-bond donors (Lipinski definition) is 3. The predicted octanol–water partition coefficient (Wildman–Crippen LogP) is -0.223. The number of hydrogen-bond acceptors (Lipinski definition) is 9. The normalized spacial score (nSPS) is 18.4. The van der Waals surface area contributed by atoms with E-state index >= 15 is 0 Å². The molecule has 4 rings (SSSR count). The highest BCUT2D eigenvalue weighted by molar-refractivity contribution is 5.60. The van der Waals surface area contributed by atoms with E-state index in [1.807, 2.05) is 4.90 Å². The molecule has 144 valence electrons. The van der Waals surface area contributed by atoms with Crippen LogP contribution in [0.1, 0.15) is 12.8 Å². The molecule has 2 aromatic rings. The zero-order valence-electron chi connectivity index (χ0n) is 15.0. The zero-order valence-corrected chi connectivity index (χ0v) is 15.0. The van der Waals surface area contributed by atoms with Crippen molar-refractivity contribution in [1.82, 2.24) is 25.3 Å². The molecule has 2 saturated heterocycles. The van der Waals surface area contributed by atoms with E-state index < -0.39 is 0 Å². The van der Waals surface area contributed by atoms with Gasteiger partial charge in [0.1, 0.15) is 6.10 Å². The summed E-state index contributed by atoms with van der Waals surface area (Å²) in [5.74, 6) is 1.05. The first-order chi connectivity index (χ1) is 13.2. The Morgan fingerprint density at radius 2 is 2.00 bits per heavy atom. The van der Waals surface area contributed by atoms with E-state index in [4.69, 9.17) is 15.2 Å². The van der Waals surface area contributed by atoms with Gasteiger partial charge in [-0.1, -0.05) is 0 Å². The van der Waals surface area contributed by atoms with Crippen molar-refractivity contribution in [1.29, 1.82) is 0 Å². The van der Waals surface area contributed by atoms with Crippen LogP contribution in [-0.4, -0.2) is 65.4 Å². The van der Waals surface area contributed by atoms with Crippen molar-refractivity contribution in [3.63, 3.8) is 0 Å². The van der Waals surface area contributed by atoms with Crippen LogP contribution in [0.3, 0.4) is 0 Å². The van der Waals surface area contributed by atoms with Crippen molar-refractivity contribution in [2.45, 2.75) is 18.9 Å². The summed E-state index contributed by atoms with van der Waals surface area (Å²) in [6, 6.07) is 1.69. The molecule has 0 aromatic carbocycles. The number of nitrogen functional groups attached to an aromatic ring is 1. The smallest absolute Gasteiger partial charge is 0.261 e. The summed E-state index contributed by atoms with van der Waals surface area (Å²) < 4.78 is 11.5. The molecular weight excluding hydrogens is 350 g/mol. The number of nitrogens with one attached hydrogen (secondary N) is 2. The lowest BCUT2D eigenvalue weighted by Crippen LogP contribution is -2.38. The molecule has 0 amide bonds. The van der Waals surface area contributed by atoms with Crippen LogP contribution in [0.25, 0.3) is 11.3 Å². The highest BCUT2D eigenvalue weighted by Crippen LogP contribution is 2.24. The molecule has 0 unspecified atom stereocenters. The molecule has 0 spiro atoms. The number of morpholine rings is 1. The molecule has 4 heterocycles. The average Bonchev–Trinajstić information content (AvgIpc) is 2.69. The van der Waals surface area contributed by atoms with Gasteiger partial charge in [0.25, 0.3) is 5.56 Å². The third kappa shape index (κ3) is 4.17. The fourth-order valence-electron chi connectivity index (χ4n) is 3.19. The largest absolute Gasteiger partial charge is 0.474 e. The number of piperidine rings is 1. The number of ether oxygens (including phenoxy) is 2. The zero-order chi connectivity index (χ0) is 18.6. The number of H-pyrrole nitrogens is 1. The molecule has 10 heteroatoms. The molecule has 0 radical (unpaired) electrons. The molecule has 4 N–H and O–H groups in total. The lowest BCUT2D eigenvalue weighted by atomic mass is 10.1. The second kappa shape index (κ2) is 7.89. The SMILES string of the molecule is Nc1ncc(-c2cc(OC3CCNCC3)nc(N3CCOCC3)n2)c(=O)[nH]1. The average molecular weight is 373 g/mol. The van der Waals surface area contributed by atoms with Crippen LogP contribution in [-0.2, 0) is 4.74 Å². The number of anilines is 2. The van der Waals surface area contributed by atoms with Crippen LogP contribution < -0.4 is 26.2 Å². The van der Waals surface area contributed by atoms with E-state index in [-0.39, 0.29) is 17.6 Å². The van der Waals surface area contributed by atoms with E-state index in [0.29, 0.717) is 49.4 Å². The maximum atomic E-state index is 12.3. The fourth-order valence-corrected chi connectivity index (χ4v) is 3.19. The van der Waals surface area contributed by atoms with Crippen molar-refractivity contribution in [3.8, 4) is 17.1 Å². The number of rotatable bonds is 4. The molecule has 2 fully saturated rings. The fraction of sp³-hybridized carbons (Fsp3) is 0.529. The Balaban J connectivity index is 1.70. The van der Waals surface area contributed by atoms with E-state index in [0.717, 1.165) is 25.9 Å². The lowest BCUT2D eigenvalue weighted by Gasteiger charge is -2.28. The Kier molecular flexibility index (Phi) is 5.16. The summed E-state index contributed by atoms with van der Waals surface area (Å²) in [5, 5.41) is 3.31. The van der Waals surface area contributed by atoms with Crippen LogP contribution in [0, 0.1) is 0 Å². The molecule has 2 aliphatic heterocycles. The van der Waals surface area contributed by atoms with Gasteiger partial charge in [0.15, 0.2) is 5.95 Å². The predicted molar refractivity (Wildman–Crippen MR) is 99.8 cm³/mol. The van der Waals surface area contributed by atoms with Gasteiger partial charge in [-0.2, -0.15) is 4.98 Å². The van der Waals surface area contributed by atoms with Crippen LogP contribution in [0.2, 0.25) is 0 Å². The number of nitrogens with zero attached hydrogens (tertiary/aromatic N) is 4. The van der Waals surface area contributed by atoms with Crippen LogP contribution in [0.5, 0.6) is 5.88 Å². The highest BCUT2D eigenvalue weighted by atomic mass is 16.5. The molecule has 2 aliphatic rings. The molecule has 10 nitrogen and oxygen atoms in total. The molecule has 27 heavy (non-hydrogen) atoms. The van der Waals surface area contributed by atoms with Crippen molar-refractivity contribution in [3.05, 3.63) is 22.6 Å². The van der Waals surface area contributed by atoms with Gasteiger partial charge in [0.05, 0.1) is 24.5 Å². The summed E-state index contributed by atoms with van der Waals surface area (Å²) >= 11 is 0. The van der Waals surface area contributed by atoms with Crippen molar-refractivity contribution < 1.29 is 9.47 Å². The highest BCUT2D eigenvalue weighted by Gasteiger charge is 2.21. The summed E-state index contributed by atoms with van der Waals surface area (Å²) in [7, 11) is 0. The third-order valence-electron chi connectivity index (χ3n) is 4.65. The van der Waals surface area contributed by atoms with Gasteiger partial charge in [-0.05, 0) is 25.9 Å². The van der Waals surface area contributed by atoms with Crippen molar-refractivity contribution in [2.24, 2.45) is 0 Å². The first-order valence-electron chi connectivity index (χ1n) is 9.13. The molecular formula is C17H23N7O3. The molecule has 0 bridgehead atoms. The minimum atomic E-state index is -0.345. The minimum Gasteiger partial charge on any atom is -0.474 e. The monoisotopic (exact) mass is 373 g/mol. The van der Waals surface area contributed by atoms with Crippen LogP contribution in [0.15, 0.2) is 17.1 Å². The first-order valence-corrected chi connectivity index (χ1v) is 9.13. The number of aromatic nitrogens is 4. The van der Waals surface area contributed by atoms with Crippen molar-refractivity contribution >= 4 is 11.9 Å². The van der Waals surface area contributed by atoms with Crippen molar-refractivity contribution in [2.75, 3.05) is 50.0 Å².